The van der Waals surface area contributed by atoms with Crippen LogP contribution in [-0.4, -0.2) is 46.6 Å². The summed E-state index contributed by atoms with van der Waals surface area (Å²) in [6.07, 6.45) is 1.56. The van der Waals surface area contributed by atoms with Gasteiger partial charge in [-0.1, -0.05) is 5.16 Å². The molecule has 1 fully saturated rings. The third-order valence-electron chi connectivity index (χ3n) is 3.52. The van der Waals surface area contributed by atoms with Crippen molar-refractivity contribution < 1.29 is 9.32 Å². The number of hydrogen-bond donors (Lipinski definition) is 1. The second-order valence-electron chi connectivity index (χ2n) is 4.90. The van der Waals surface area contributed by atoms with Gasteiger partial charge < -0.3 is 14.7 Å². The highest BCUT2D eigenvalue weighted by atomic mass is 35.5. The predicted molar refractivity (Wildman–Crippen MR) is 77.2 cm³/mol. The Morgan fingerprint density at radius 2 is 2.35 bits per heavy atom. The number of hydrogen-bond acceptors (Lipinski definition) is 5. The molecule has 7 heteroatoms. The van der Waals surface area contributed by atoms with Gasteiger partial charge in [-0.2, -0.15) is 0 Å². The van der Waals surface area contributed by atoms with Crippen molar-refractivity contribution in [1.29, 1.82) is 0 Å². The molecule has 0 aromatic carbocycles. The lowest BCUT2D eigenvalue weighted by Gasteiger charge is -2.33. The third-order valence-corrected chi connectivity index (χ3v) is 3.52. The fraction of sp³-hybridized carbons (Fsp3) is 0.462. The van der Waals surface area contributed by atoms with Crippen molar-refractivity contribution in [3.05, 3.63) is 23.5 Å². The van der Waals surface area contributed by atoms with Crippen LogP contribution in [0.15, 0.2) is 16.8 Å². The second-order valence-corrected chi connectivity index (χ2v) is 4.90. The van der Waals surface area contributed by atoms with Crippen LogP contribution in [0.2, 0.25) is 0 Å². The van der Waals surface area contributed by atoms with Crippen molar-refractivity contribution in [3.63, 3.8) is 0 Å². The van der Waals surface area contributed by atoms with Gasteiger partial charge in [-0.25, -0.2) is 4.98 Å². The van der Waals surface area contributed by atoms with E-state index in [1.807, 2.05) is 24.8 Å². The van der Waals surface area contributed by atoms with E-state index in [1.54, 1.807) is 6.20 Å². The third kappa shape index (κ3) is 2.48. The summed E-state index contributed by atoms with van der Waals surface area (Å²) in [5, 5.41) is 7.92. The topological polar surface area (TPSA) is 71.3 Å². The molecule has 3 heterocycles. The van der Waals surface area contributed by atoms with E-state index in [-0.39, 0.29) is 24.4 Å². The Morgan fingerprint density at radius 3 is 3.10 bits per heavy atom. The smallest absolute Gasteiger partial charge is 0.257 e. The Bertz CT molecular complexity index is 628. The Morgan fingerprint density at radius 1 is 1.55 bits per heavy atom. The quantitative estimate of drug-likeness (QED) is 0.861. The van der Waals surface area contributed by atoms with Crippen LogP contribution in [0.3, 0.4) is 0 Å². The number of nitrogens with one attached hydrogen (secondary N) is 1. The van der Waals surface area contributed by atoms with Gasteiger partial charge in [-0.3, -0.25) is 4.79 Å². The van der Waals surface area contributed by atoms with Gasteiger partial charge in [0.2, 0.25) is 0 Å². The molecule has 0 aliphatic carbocycles. The van der Waals surface area contributed by atoms with Crippen LogP contribution in [0.4, 0.5) is 0 Å². The van der Waals surface area contributed by atoms with Crippen LogP contribution < -0.4 is 5.32 Å². The summed E-state index contributed by atoms with van der Waals surface area (Å²) < 4.78 is 5.05. The van der Waals surface area contributed by atoms with E-state index in [9.17, 15) is 4.79 Å². The Kier molecular flexibility index (Phi) is 4.25. The molecule has 1 amide bonds. The molecule has 1 aliphatic heterocycles. The molecule has 2 aromatic heterocycles. The number of fused-ring (bicyclic) bond motifs is 1. The van der Waals surface area contributed by atoms with Crippen LogP contribution in [0.5, 0.6) is 0 Å². The Labute approximate surface area is 122 Å². The van der Waals surface area contributed by atoms with E-state index < -0.39 is 0 Å². The van der Waals surface area contributed by atoms with Crippen LogP contribution in [0.1, 0.15) is 23.0 Å². The Balaban J connectivity index is 0.00000147. The standard InChI is InChI=1S/C13H16N4O2.ClH/c1-8-6-14-3-4-17(8)13(18)10-5-11-9(2)16-19-12(11)15-7-10;/h5,7-8,14H,3-4,6H2,1-2H3;1H. The van der Waals surface area contributed by atoms with Gasteiger partial charge in [0.25, 0.3) is 11.6 Å². The molecule has 1 atom stereocenters. The van der Waals surface area contributed by atoms with Crippen molar-refractivity contribution in [3.8, 4) is 0 Å². The minimum atomic E-state index is 0. The maximum Gasteiger partial charge on any atom is 0.257 e. The number of amides is 1. The fourth-order valence-corrected chi connectivity index (χ4v) is 2.37. The molecule has 0 radical (unpaired) electrons. The number of carbonyl (C=O) groups is 1. The number of carbonyl (C=O) groups excluding carboxylic acids is 1. The zero-order valence-corrected chi connectivity index (χ0v) is 12.2. The van der Waals surface area contributed by atoms with Crippen molar-refractivity contribution >= 4 is 29.4 Å². The summed E-state index contributed by atoms with van der Waals surface area (Å²) >= 11 is 0. The van der Waals surface area contributed by atoms with Gasteiger partial charge in [0.05, 0.1) is 16.6 Å². The monoisotopic (exact) mass is 296 g/mol. The van der Waals surface area contributed by atoms with Gasteiger partial charge in [0.1, 0.15) is 0 Å². The molecule has 1 saturated heterocycles. The van der Waals surface area contributed by atoms with Gasteiger partial charge in [0, 0.05) is 31.9 Å². The molecule has 1 unspecified atom stereocenters. The maximum atomic E-state index is 12.5. The fourth-order valence-electron chi connectivity index (χ4n) is 2.37. The number of aromatic nitrogens is 2. The van der Waals surface area contributed by atoms with E-state index in [2.05, 4.69) is 15.5 Å². The van der Waals surface area contributed by atoms with E-state index in [4.69, 9.17) is 4.52 Å². The summed E-state index contributed by atoms with van der Waals surface area (Å²) in [7, 11) is 0. The summed E-state index contributed by atoms with van der Waals surface area (Å²) in [5.41, 5.74) is 1.82. The number of nitrogens with zero attached hydrogens (tertiary/aromatic N) is 3. The highest BCUT2D eigenvalue weighted by molar-refractivity contribution is 5.97. The van der Waals surface area contributed by atoms with Crippen molar-refractivity contribution in [2.24, 2.45) is 0 Å². The van der Waals surface area contributed by atoms with E-state index in [0.29, 0.717) is 11.3 Å². The molecule has 1 aliphatic rings. The number of pyridine rings is 1. The molecular formula is C13H17ClN4O2. The lowest BCUT2D eigenvalue weighted by Crippen LogP contribution is -2.52. The number of piperazine rings is 1. The van der Waals surface area contributed by atoms with E-state index >= 15 is 0 Å². The van der Waals surface area contributed by atoms with Gasteiger partial charge in [0.15, 0.2) is 0 Å². The summed E-state index contributed by atoms with van der Waals surface area (Å²) in [6.45, 7) is 6.27. The van der Waals surface area contributed by atoms with E-state index in [1.165, 1.54) is 0 Å². The first-order valence-corrected chi connectivity index (χ1v) is 6.40. The molecular weight excluding hydrogens is 280 g/mol. The first-order valence-electron chi connectivity index (χ1n) is 6.40. The van der Waals surface area contributed by atoms with Crippen LogP contribution >= 0.6 is 12.4 Å². The summed E-state index contributed by atoms with van der Waals surface area (Å²) in [5.74, 6) is 0.0176. The van der Waals surface area contributed by atoms with Crippen LogP contribution in [0, 0.1) is 6.92 Å². The minimum Gasteiger partial charge on any atom is -0.336 e. The average Bonchev–Trinajstić information content (AvgIpc) is 2.80. The largest absolute Gasteiger partial charge is 0.336 e. The lowest BCUT2D eigenvalue weighted by atomic mass is 10.1. The number of rotatable bonds is 1. The minimum absolute atomic E-state index is 0. The molecule has 0 spiro atoms. The van der Waals surface area contributed by atoms with Gasteiger partial charge in [-0.15, -0.1) is 12.4 Å². The number of aryl methyl sites for hydroxylation is 1. The zero-order chi connectivity index (χ0) is 13.4. The number of halogens is 1. The first kappa shape index (κ1) is 14.7. The molecule has 1 N–H and O–H groups in total. The molecule has 108 valence electrons. The molecule has 0 bridgehead atoms. The predicted octanol–water partition coefficient (Wildman–Crippen LogP) is 1.39. The molecule has 3 rings (SSSR count). The SMILES string of the molecule is Cc1noc2ncc(C(=O)N3CCNCC3C)cc12.Cl. The van der Waals surface area contributed by atoms with Gasteiger partial charge in [-0.05, 0) is 19.9 Å². The first-order chi connectivity index (χ1) is 9.16. The summed E-state index contributed by atoms with van der Waals surface area (Å²) in [6, 6.07) is 2.01. The lowest BCUT2D eigenvalue weighted by molar-refractivity contribution is 0.0655. The van der Waals surface area contributed by atoms with Crippen LogP contribution in [-0.2, 0) is 0 Å². The maximum absolute atomic E-state index is 12.5. The van der Waals surface area contributed by atoms with Crippen LogP contribution in [0.25, 0.3) is 11.1 Å². The van der Waals surface area contributed by atoms with Crippen molar-refractivity contribution in [1.82, 2.24) is 20.4 Å². The van der Waals surface area contributed by atoms with Gasteiger partial charge >= 0.3 is 0 Å². The molecule has 0 saturated carbocycles. The van der Waals surface area contributed by atoms with E-state index in [0.717, 1.165) is 30.7 Å². The summed E-state index contributed by atoms with van der Waals surface area (Å²) in [4.78, 5) is 18.5. The molecule has 6 nitrogen and oxygen atoms in total. The highest BCUT2D eigenvalue weighted by Crippen LogP contribution is 2.18. The zero-order valence-electron chi connectivity index (χ0n) is 11.4. The molecule has 20 heavy (non-hydrogen) atoms. The van der Waals surface area contributed by atoms with Crippen molar-refractivity contribution in [2.75, 3.05) is 19.6 Å². The Hall–Kier alpha value is -1.66. The highest BCUT2D eigenvalue weighted by Gasteiger charge is 2.24. The normalized spacial score (nSPS) is 18.9. The second kappa shape index (κ2) is 5.76. The average molecular weight is 297 g/mol. The molecule has 2 aromatic rings. The van der Waals surface area contributed by atoms with Crippen molar-refractivity contribution in [2.45, 2.75) is 19.9 Å².